The van der Waals surface area contributed by atoms with Gasteiger partial charge in [-0.1, -0.05) is 23.7 Å². The molecule has 24 heavy (non-hydrogen) atoms. The molecule has 0 radical (unpaired) electrons. The van der Waals surface area contributed by atoms with Crippen LogP contribution in [-0.4, -0.2) is 25.0 Å². The molecular formula is C18H19ClN2O3. The van der Waals surface area contributed by atoms with Gasteiger partial charge in [-0.15, -0.1) is 0 Å². The zero-order valence-corrected chi connectivity index (χ0v) is 14.1. The van der Waals surface area contributed by atoms with Gasteiger partial charge in [-0.05, 0) is 48.9 Å². The number of nitrogens with one attached hydrogen (secondary N) is 2. The predicted octanol–water partition coefficient (Wildman–Crippen LogP) is 3.04. The minimum atomic E-state index is -0.288. The number of halogens is 1. The summed E-state index contributed by atoms with van der Waals surface area (Å²) in [5.41, 5.74) is 1.49. The largest absolute Gasteiger partial charge is 0.494 e. The molecule has 2 N–H and O–H groups in total. The first-order valence-electron chi connectivity index (χ1n) is 7.60. The van der Waals surface area contributed by atoms with E-state index >= 15 is 0 Å². The second-order valence-electron chi connectivity index (χ2n) is 5.09. The maximum absolute atomic E-state index is 11.9. The normalized spacial score (nSPS) is 10.1. The predicted molar refractivity (Wildman–Crippen MR) is 94.4 cm³/mol. The quantitative estimate of drug-likeness (QED) is 0.809. The van der Waals surface area contributed by atoms with Crippen LogP contribution < -0.4 is 15.4 Å². The minimum Gasteiger partial charge on any atom is -0.494 e. The van der Waals surface area contributed by atoms with Crippen LogP contribution in [0.25, 0.3) is 0 Å². The Morgan fingerprint density at radius 2 is 1.67 bits per heavy atom. The fourth-order valence-electron chi connectivity index (χ4n) is 2.04. The average molecular weight is 347 g/mol. The van der Waals surface area contributed by atoms with Crippen molar-refractivity contribution in [3.05, 3.63) is 59.1 Å². The van der Waals surface area contributed by atoms with Crippen molar-refractivity contribution in [1.82, 2.24) is 5.32 Å². The highest BCUT2D eigenvalue weighted by atomic mass is 35.5. The molecule has 0 spiro atoms. The van der Waals surface area contributed by atoms with Crippen molar-refractivity contribution in [2.75, 3.05) is 18.5 Å². The van der Waals surface area contributed by atoms with Gasteiger partial charge in [-0.25, -0.2) is 0 Å². The molecule has 0 saturated heterocycles. The van der Waals surface area contributed by atoms with Crippen LogP contribution in [0.4, 0.5) is 5.69 Å². The van der Waals surface area contributed by atoms with Gasteiger partial charge in [0.25, 0.3) is 0 Å². The summed E-state index contributed by atoms with van der Waals surface area (Å²) in [6, 6.07) is 14.1. The highest BCUT2D eigenvalue weighted by molar-refractivity contribution is 6.30. The fraction of sp³-hybridized carbons (Fsp3) is 0.222. The fourth-order valence-corrected chi connectivity index (χ4v) is 2.16. The lowest BCUT2D eigenvalue weighted by Gasteiger charge is -2.08. The molecule has 0 fully saturated rings. The third-order valence-corrected chi connectivity index (χ3v) is 3.43. The summed E-state index contributed by atoms with van der Waals surface area (Å²) in [5, 5.41) is 5.92. The molecule has 0 aromatic heterocycles. The van der Waals surface area contributed by atoms with Gasteiger partial charge in [0.2, 0.25) is 11.8 Å². The van der Waals surface area contributed by atoms with Crippen LogP contribution in [0.15, 0.2) is 48.5 Å². The Hall–Kier alpha value is -2.53. The Kier molecular flexibility index (Phi) is 6.63. The zero-order valence-electron chi connectivity index (χ0n) is 13.3. The van der Waals surface area contributed by atoms with Gasteiger partial charge < -0.3 is 15.4 Å². The average Bonchev–Trinajstić information content (AvgIpc) is 2.57. The highest BCUT2D eigenvalue weighted by Crippen LogP contribution is 2.15. The maximum Gasteiger partial charge on any atom is 0.243 e. The van der Waals surface area contributed by atoms with E-state index in [4.69, 9.17) is 16.3 Å². The van der Waals surface area contributed by atoms with Crippen molar-refractivity contribution in [2.24, 2.45) is 0 Å². The first-order chi connectivity index (χ1) is 11.6. The molecule has 0 heterocycles. The van der Waals surface area contributed by atoms with Gasteiger partial charge in [0, 0.05) is 10.7 Å². The van der Waals surface area contributed by atoms with E-state index in [1.807, 2.05) is 6.92 Å². The Labute approximate surface area is 146 Å². The number of benzene rings is 2. The topological polar surface area (TPSA) is 67.4 Å². The number of anilines is 1. The van der Waals surface area contributed by atoms with Crippen LogP contribution in [0.2, 0.25) is 5.02 Å². The molecule has 0 aliphatic carbocycles. The summed E-state index contributed by atoms with van der Waals surface area (Å²) >= 11 is 5.79. The van der Waals surface area contributed by atoms with Gasteiger partial charge in [-0.2, -0.15) is 0 Å². The summed E-state index contributed by atoms with van der Waals surface area (Å²) in [7, 11) is 0. The molecule has 2 aromatic rings. The molecule has 2 aromatic carbocycles. The standard InChI is InChI=1S/C18H19ClN2O3/c1-2-24-16-9-7-15(8-10-16)21-18(23)12-20-17(22)11-13-3-5-14(19)6-4-13/h3-10H,2,11-12H2,1H3,(H,20,22)(H,21,23). The molecule has 0 aliphatic heterocycles. The zero-order chi connectivity index (χ0) is 17.4. The lowest BCUT2D eigenvalue weighted by atomic mass is 10.1. The molecule has 0 atom stereocenters. The lowest BCUT2D eigenvalue weighted by molar-refractivity contribution is -0.123. The number of carbonyl (C=O) groups is 2. The van der Waals surface area contributed by atoms with Crippen molar-refractivity contribution in [1.29, 1.82) is 0 Å². The van der Waals surface area contributed by atoms with E-state index in [1.165, 1.54) is 0 Å². The summed E-state index contributed by atoms with van der Waals surface area (Å²) in [6.45, 7) is 2.41. The molecule has 0 bridgehead atoms. The number of hydrogen-bond donors (Lipinski definition) is 2. The summed E-state index contributed by atoms with van der Waals surface area (Å²) < 4.78 is 5.33. The Morgan fingerprint density at radius 1 is 1.00 bits per heavy atom. The van der Waals surface area contributed by atoms with E-state index in [-0.39, 0.29) is 24.8 Å². The molecular weight excluding hydrogens is 328 g/mol. The van der Waals surface area contributed by atoms with Crippen molar-refractivity contribution in [3.8, 4) is 5.75 Å². The molecule has 2 rings (SSSR count). The lowest BCUT2D eigenvalue weighted by Crippen LogP contribution is -2.33. The van der Waals surface area contributed by atoms with Crippen LogP contribution in [0.1, 0.15) is 12.5 Å². The van der Waals surface area contributed by atoms with Crippen LogP contribution in [0.3, 0.4) is 0 Å². The van der Waals surface area contributed by atoms with Gasteiger partial charge in [0.1, 0.15) is 5.75 Å². The molecule has 0 unspecified atom stereocenters. The molecule has 6 heteroatoms. The minimum absolute atomic E-state index is 0.0837. The Bertz CT molecular complexity index is 684. The second-order valence-corrected chi connectivity index (χ2v) is 5.52. The Balaban J connectivity index is 1.75. The monoisotopic (exact) mass is 346 g/mol. The van der Waals surface area contributed by atoms with E-state index in [0.717, 1.165) is 11.3 Å². The Morgan fingerprint density at radius 3 is 2.29 bits per heavy atom. The second kappa shape index (κ2) is 8.93. The third kappa shape index (κ3) is 5.93. The van der Waals surface area contributed by atoms with Crippen LogP contribution in [0, 0.1) is 0 Å². The third-order valence-electron chi connectivity index (χ3n) is 3.17. The van der Waals surface area contributed by atoms with E-state index in [0.29, 0.717) is 17.3 Å². The van der Waals surface area contributed by atoms with Crippen molar-refractivity contribution in [3.63, 3.8) is 0 Å². The molecule has 0 aliphatic rings. The van der Waals surface area contributed by atoms with Gasteiger partial charge in [0.15, 0.2) is 0 Å². The highest BCUT2D eigenvalue weighted by Gasteiger charge is 2.07. The summed E-state index contributed by atoms with van der Waals surface area (Å²) in [6.07, 6.45) is 0.202. The smallest absolute Gasteiger partial charge is 0.243 e. The molecule has 0 saturated carbocycles. The van der Waals surface area contributed by atoms with E-state index in [9.17, 15) is 9.59 Å². The van der Waals surface area contributed by atoms with Crippen molar-refractivity contribution >= 4 is 29.1 Å². The van der Waals surface area contributed by atoms with E-state index in [1.54, 1.807) is 48.5 Å². The van der Waals surface area contributed by atoms with Gasteiger partial charge in [-0.3, -0.25) is 9.59 Å². The van der Waals surface area contributed by atoms with Gasteiger partial charge >= 0.3 is 0 Å². The molecule has 126 valence electrons. The van der Waals surface area contributed by atoms with E-state index in [2.05, 4.69) is 10.6 Å². The number of hydrogen-bond acceptors (Lipinski definition) is 3. The number of rotatable bonds is 7. The summed E-state index contributed by atoms with van der Waals surface area (Å²) in [5.74, 6) is 0.231. The van der Waals surface area contributed by atoms with Crippen LogP contribution in [0.5, 0.6) is 5.75 Å². The first-order valence-corrected chi connectivity index (χ1v) is 7.98. The number of carbonyl (C=O) groups excluding carboxylic acids is 2. The van der Waals surface area contributed by atoms with Crippen LogP contribution in [-0.2, 0) is 16.0 Å². The van der Waals surface area contributed by atoms with Gasteiger partial charge in [0.05, 0.1) is 19.6 Å². The molecule has 2 amide bonds. The number of amides is 2. The first kappa shape index (κ1) is 17.8. The number of ether oxygens (including phenoxy) is 1. The SMILES string of the molecule is CCOc1ccc(NC(=O)CNC(=O)Cc2ccc(Cl)cc2)cc1. The molecule has 5 nitrogen and oxygen atoms in total. The summed E-state index contributed by atoms with van der Waals surface area (Å²) in [4.78, 5) is 23.7. The van der Waals surface area contributed by atoms with Crippen molar-refractivity contribution < 1.29 is 14.3 Å². The maximum atomic E-state index is 11.9. The van der Waals surface area contributed by atoms with E-state index < -0.39 is 0 Å². The van der Waals surface area contributed by atoms with Crippen molar-refractivity contribution in [2.45, 2.75) is 13.3 Å². The van der Waals surface area contributed by atoms with Crippen LogP contribution >= 0.6 is 11.6 Å².